The Morgan fingerprint density at radius 2 is 2.04 bits per heavy atom. The lowest BCUT2D eigenvalue weighted by Crippen LogP contribution is -2.49. The van der Waals surface area contributed by atoms with E-state index in [0.29, 0.717) is 23.9 Å². The number of amides is 1. The fourth-order valence-corrected chi connectivity index (χ4v) is 3.15. The lowest BCUT2D eigenvalue weighted by molar-refractivity contribution is -0.147. The second kappa shape index (κ2) is 5.91. The highest BCUT2D eigenvalue weighted by molar-refractivity contribution is 5.81. The fraction of sp³-hybridized carbons (Fsp3) is 0.438. The Balaban J connectivity index is 1.84. The quantitative estimate of drug-likeness (QED) is 0.884. The third-order valence-corrected chi connectivity index (χ3v) is 4.53. The number of nitrogens with zero attached hydrogens (tertiary/aromatic N) is 2. The number of H-pyrrole nitrogens is 1. The van der Waals surface area contributed by atoms with Gasteiger partial charge in [0.15, 0.2) is 0 Å². The Morgan fingerprint density at radius 1 is 1.30 bits per heavy atom. The van der Waals surface area contributed by atoms with Gasteiger partial charge in [0.2, 0.25) is 5.91 Å². The average molecular weight is 317 g/mol. The van der Waals surface area contributed by atoms with E-state index in [-0.39, 0.29) is 30.7 Å². The number of aromatic nitrogens is 2. The second-order valence-electron chi connectivity index (χ2n) is 6.04. The predicted molar refractivity (Wildman–Crippen MR) is 84.1 cm³/mol. The SMILES string of the molecule is CC1CCC(C(=O)O)CN1C(=O)Cn1c(=O)[nH]c2ccccc21. The summed E-state index contributed by atoms with van der Waals surface area (Å²) >= 11 is 0. The molecule has 1 saturated heterocycles. The number of imidazole rings is 1. The number of benzene rings is 1. The molecule has 1 aromatic heterocycles. The molecule has 1 fully saturated rings. The number of fused-ring (bicyclic) bond motifs is 1. The van der Waals surface area contributed by atoms with Gasteiger partial charge in [0.1, 0.15) is 6.54 Å². The summed E-state index contributed by atoms with van der Waals surface area (Å²) in [6.45, 7) is 2.03. The summed E-state index contributed by atoms with van der Waals surface area (Å²) in [6.07, 6.45) is 1.23. The smallest absolute Gasteiger partial charge is 0.326 e. The van der Waals surface area contributed by atoms with Crippen molar-refractivity contribution in [2.24, 2.45) is 5.92 Å². The number of carboxylic acids is 1. The molecular weight excluding hydrogens is 298 g/mol. The minimum atomic E-state index is -0.876. The summed E-state index contributed by atoms with van der Waals surface area (Å²) in [5, 5.41) is 9.17. The van der Waals surface area contributed by atoms with E-state index in [1.54, 1.807) is 23.1 Å². The van der Waals surface area contributed by atoms with Crippen molar-refractivity contribution in [1.29, 1.82) is 0 Å². The van der Waals surface area contributed by atoms with Crippen LogP contribution >= 0.6 is 0 Å². The normalized spacial score (nSPS) is 21.5. The summed E-state index contributed by atoms with van der Waals surface area (Å²) in [4.78, 5) is 40.1. The van der Waals surface area contributed by atoms with Gasteiger partial charge in [-0.1, -0.05) is 12.1 Å². The maximum atomic E-state index is 12.6. The van der Waals surface area contributed by atoms with E-state index in [0.717, 1.165) is 0 Å². The van der Waals surface area contributed by atoms with E-state index in [9.17, 15) is 14.4 Å². The van der Waals surface area contributed by atoms with Crippen LogP contribution in [0.15, 0.2) is 29.1 Å². The number of hydrogen-bond donors (Lipinski definition) is 2. The molecule has 0 spiro atoms. The molecule has 2 N–H and O–H groups in total. The maximum Gasteiger partial charge on any atom is 0.326 e. The summed E-state index contributed by atoms with van der Waals surface area (Å²) in [5.41, 5.74) is 1.02. The molecule has 0 saturated carbocycles. The molecule has 2 aromatic rings. The van der Waals surface area contributed by atoms with Crippen LogP contribution in [0.3, 0.4) is 0 Å². The van der Waals surface area contributed by atoms with Crippen LogP contribution in [0, 0.1) is 5.92 Å². The van der Waals surface area contributed by atoms with Crippen molar-refractivity contribution in [2.45, 2.75) is 32.4 Å². The second-order valence-corrected chi connectivity index (χ2v) is 6.04. The van der Waals surface area contributed by atoms with Crippen LogP contribution in [0.4, 0.5) is 0 Å². The van der Waals surface area contributed by atoms with Gasteiger partial charge in [-0.2, -0.15) is 0 Å². The molecule has 0 aliphatic carbocycles. The van der Waals surface area contributed by atoms with Gasteiger partial charge in [0.25, 0.3) is 0 Å². The van der Waals surface area contributed by atoms with E-state index in [2.05, 4.69) is 4.98 Å². The largest absolute Gasteiger partial charge is 0.481 e. The number of carboxylic acid groups (broad SMARTS) is 1. The Labute approximate surface area is 132 Å². The van der Waals surface area contributed by atoms with Crippen LogP contribution in [0.2, 0.25) is 0 Å². The summed E-state index contributed by atoms with van der Waals surface area (Å²) < 4.78 is 1.40. The van der Waals surface area contributed by atoms with Crippen molar-refractivity contribution in [3.63, 3.8) is 0 Å². The van der Waals surface area contributed by atoms with Gasteiger partial charge in [0, 0.05) is 12.6 Å². The van der Waals surface area contributed by atoms with Crippen molar-refractivity contribution >= 4 is 22.9 Å². The van der Waals surface area contributed by atoms with Gasteiger partial charge in [-0.3, -0.25) is 14.2 Å². The van der Waals surface area contributed by atoms with Gasteiger partial charge in [-0.25, -0.2) is 4.79 Å². The lowest BCUT2D eigenvalue weighted by Gasteiger charge is -2.36. The fourth-order valence-electron chi connectivity index (χ4n) is 3.15. The summed E-state index contributed by atoms with van der Waals surface area (Å²) in [5.74, 6) is -1.64. The first kappa shape index (κ1) is 15.3. The van der Waals surface area contributed by atoms with Crippen LogP contribution in [0.1, 0.15) is 19.8 Å². The molecule has 2 atom stereocenters. The number of rotatable bonds is 3. The first-order chi connectivity index (χ1) is 11.0. The molecule has 1 amide bonds. The Kier molecular flexibility index (Phi) is 3.94. The number of para-hydroxylation sites is 2. The molecule has 2 unspecified atom stereocenters. The van der Waals surface area contributed by atoms with Crippen LogP contribution in [-0.2, 0) is 16.1 Å². The minimum Gasteiger partial charge on any atom is -0.481 e. The lowest BCUT2D eigenvalue weighted by atomic mass is 9.93. The monoisotopic (exact) mass is 317 g/mol. The summed E-state index contributed by atoms with van der Waals surface area (Å²) in [6, 6.07) is 7.16. The van der Waals surface area contributed by atoms with E-state index in [1.165, 1.54) is 4.57 Å². The van der Waals surface area contributed by atoms with Gasteiger partial charge < -0.3 is 15.0 Å². The number of hydrogen-bond acceptors (Lipinski definition) is 3. The Bertz CT molecular complexity index is 807. The van der Waals surface area contributed by atoms with Crippen LogP contribution in [0.25, 0.3) is 11.0 Å². The number of carbonyl (C=O) groups excluding carboxylic acids is 1. The molecule has 0 bridgehead atoms. The van der Waals surface area contributed by atoms with E-state index in [4.69, 9.17) is 5.11 Å². The number of carbonyl (C=O) groups is 2. The van der Waals surface area contributed by atoms with Crippen LogP contribution < -0.4 is 5.69 Å². The molecule has 3 rings (SSSR count). The predicted octanol–water partition coefficient (Wildman–Crippen LogP) is 1.04. The molecule has 7 heteroatoms. The molecule has 7 nitrogen and oxygen atoms in total. The summed E-state index contributed by atoms with van der Waals surface area (Å²) in [7, 11) is 0. The zero-order valence-electron chi connectivity index (χ0n) is 12.9. The number of likely N-dealkylation sites (tertiary alicyclic amines) is 1. The first-order valence-electron chi connectivity index (χ1n) is 7.67. The van der Waals surface area contributed by atoms with Gasteiger partial charge in [-0.05, 0) is 31.9 Å². The van der Waals surface area contributed by atoms with Crippen LogP contribution in [0.5, 0.6) is 0 Å². The first-order valence-corrected chi connectivity index (χ1v) is 7.67. The van der Waals surface area contributed by atoms with E-state index in [1.807, 2.05) is 13.0 Å². The molecule has 1 aliphatic heterocycles. The molecule has 1 aliphatic rings. The van der Waals surface area contributed by atoms with Crippen molar-refractivity contribution in [3.8, 4) is 0 Å². The van der Waals surface area contributed by atoms with Crippen LogP contribution in [-0.4, -0.2) is 44.0 Å². The Morgan fingerprint density at radius 3 is 2.78 bits per heavy atom. The third kappa shape index (κ3) is 2.86. The highest BCUT2D eigenvalue weighted by Gasteiger charge is 2.32. The van der Waals surface area contributed by atoms with Crippen molar-refractivity contribution in [2.75, 3.05) is 6.54 Å². The molecule has 2 heterocycles. The standard InChI is InChI=1S/C16H19N3O4/c1-10-6-7-11(15(21)22)8-18(10)14(20)9-19-13-5-3-2-4-12(13)17-16(19)23/h2-5,10-11H,6-9H2,1H3,(H,17,23)(H,21,22). The topological polar surface area (TPSA) is 95.4 Å². The molecule has 23 heavy (non-hydrogen) atoms. The minimum absolute atomic E-state index is 0.0148. The molecular formula is C16H19N3O4. The van der Waals surface area contributed by atoms with E-state index < -0.39 is 11.9 Å². The zero-order chi connectivity index (χ0) is 16.6. The van der Waals surface area contributed by atoms with Gasteiger partial charge in [-0.15, -0.1) is 0 Å². The molecule has 0 radical (unpaired) electrons. The highest BCUT2D eigenvalue weighted by atomic mass is 16.4. The zero-order valence-corrected chi connectivity index (χ0v) is 12.9. The van der Waals surface area contributed by atoms with Crippen molar-refractivity contribution < 1.29 is 14.7 Å². The Hall–Kier alpha value is -2.57. The number of nitrogens with one attached hydrogen (secondary N) is 1. The maximum absolute atomic E-state index is 12.6. The third-order valence-electron chi connectivity index (χ3n) is 4.53. The van der Waals surface area contributed by atoms with Crippen molar-refractivity contribution in [3.05, 3.63) is 34.7 Å². The van der Waals surface area contributed by atoms with Gasteiger partial charge >= 0.3 is 11.7 Å². The molecule has 1 aromatic carbocycles. The number of aliphatic carboxylic acids is 1. The van der Waals surface area contributed by atoms with E-state index >= 15 is 0 Å². The van der Waals surface area contributed by atoms with Crippen molar-refractivity contribution in [1.82, 2.24) is 14.5 Å². The highest BCUT2D eigenvalue weighted by Crippen LogP contribution is 2.22. The number of aromatic amines is 1. The molecule has 122 valence electrons. The average Bonchev–Trinajstić information content (AvgIpc) is 2.83. The number of piperidine rings is 1. The van der Waals surface area contributed by atoms with Gasteiger partial charge in [0.05, 0.1) is 17.0 Å².